The Labute approximate surface area is 65.2 Å². The van der Waals surface area contributed by atoms with Gasteiger partial charge in [0.1, 0.15) is 0 Å². The van der Waals surface area contributed by atoms with Crippen molar-refractivity contribution in [2.75, 3.05) is 0 Å². The van der Waals surface area contributed by atoms with Crippen molar-refractivity contribution >= 4 is 0 Å². The minimum atomic E-state index is 0. The van der Waals surface area contributed by atoms with Gasteiger partial charge in [0.05, 0.1) is 0 Å². The van der Waals surface area contributed by atoms with E-state index in [2.05, 4.69) is 20.8 Å². The van der Waals surface area contributed by atoms with Crippen molar-refractivity contribution in [1.82, 2.24) is 0 Å². The molecule has 0 saturated carbocycles. The minimum Gasteiger partial charge on any atom is -1.00 e. The molecular formula is C5H11ClZn. The molecule has 0 radical (unpaired) electrons. The number of hydrogen-bond acceptors (Lipinski definition) is 0. The Bertz CT molecular complexity index is 22.0. The van der Waals surface area contributed by atoms with Gasteiger partial charge in [-0.05, 0) is 0 Å². The van der Waals surface area contributed by atoms with Crippen LogP contribution in [0.1, 0.15) is 20.3 Å². The second-order valence-corrected chi connectivity index (χ2v) is 1.51. The Morgan fingerprint density at radius 3 is 1.71 bits per heavy atom. The summed E-state index contributed by atoms with van der Waals surface area (Å²) in [5.41, 5.74) is 0. The van der Waals surface area contributed by atoms with Gasteiger partial charge in [0.2, 0.25) is 0 Å². The molecule has 0 nitrogen and oxygen atoms in total. The van der Waals surface area contributed by atoms with E-state index in [0.717, 1.165) is 0 Å². The van der Waals surface area contributed by atoms with E-state index in [1.807, 2.05) is 0 Å². The van der Waals surface area contributed by atoms with Crippen LogP contribution in [0.25, 0.3) is 0 Å². The topological polar surface area (TPSA) is 0 Å². The van der Waals surface area contributed by atoms with Gasteiger partial charge in [-0.3, -0.25) is 0 Å². The maximum atomic E-state index is 3.76. The van der Waals surface area contributed by atoms with Gasteiger partial charge in [0.25, 0.3) is 0 Å². The van der Waals surface area contributed by atoms with Crippen molar-refractivity contribution < 1.29 is 31.9 Å². The summed E-state index contributed by atoms with van der Waals surface area (Å²) in [5.74, 6) is 0.634. The SMILES string of the molecule is [CH2-]C(C)CC.[Cl-].[Zn+2]. The maximum Gasteiger partial charge on any atom is 2.00 e. The first kappa shape index (κ1) is 15.7. The molecule has 1 unspecified atom stereocenters. The van der Waals surface area contributed by atoms with Crippen LogP contribution in [-0.2, 0) is 19.5 Å². The van der Waals surface area contributed by atoms with Gasteiger partial charge in [0.15, 0.2) is 0 Å². The summed E-state index contributed by atoms with van der Waals surface area (Å²) in [4.78, 5) is 0. The second kappa shape index (κ2) is 10.0. The summed E-state index contributed by atoms with van der Waals surface area (Å²) in [7, 11) is 0. The van der Waals surface area contributed by atoms with E-state index >= 15 is 0 Å². The van der Waals surface area contributed by atoms with E-state index in [9.17, 15) is 0 Å². The normalized spacial score (nSPS) is 10.7. The van der Waals surface area contributed by atoms with Crippen LogP contribution in [0.4, 0.5) is 0 Å². The van der Waals surface area contributed by atoms with Crippen LogP contribution in [0, 0.1) is 12.8 Å². The first-order chi connectivity index (χ1) is 2.27. The molecule has 40 valence electrons. The Kier molecular flexibility index (Phi) is 22.4. The van der Waals surface area contributed by atoms with Crippen molar-refractivity contribution in [2.45, 2.75) is 20.3 Å². The molecule has 0 aliphatic heterocycles. The van der Waals surface area contributed by atoms with E-state index in [0.29, 0.717) is 5.92 Å². The largest absolute Gasteiger partial charge is 2.00 e. The summed E-state index contributed by atoms with van der Waals surface area (Å²) in [6.45, 7) is 8.00. The number of rotatable bonds is 1. The molecule has 0 aromatic carbocycles. The van der Waals surface area contributed by atoms with Gasteiger partial charge in [-0.1, -0.05) is 20.3 Å². The van der Waals surface area contributed by atoms with Crippen molar-refractivity contribution in [1.29, 1.82) is 0 Å². The van der Waals surface area contributed by atoms with Crippen LogP contribution in [0.5, 0.6) is 0 Å². The van der Waals surface area contributed by atoms with Crippen LogP contribution in [0.15, 0.2) is 0 Å². The van der Waals surface area contributed by atoms with E-state index in [1.165, 1.54) is 6.42 Å². The van der Waals surface area contributed by atoms with Gasteiger partial charge in [-0.25, -0.2) is 0 Å². The Morgan fingerprint density at radius 1 is 1.57 bits per heavy atom. The van der Waals surface area contributed by atoms with Gasteiger partial charge >= 0.3 is 19.5 Å². The van der Waals surface area contributed by atoms with Crippen LogP contribution in [0.2, 0.25) is 0 Å². The van der Waals surface area contributed by atoms with Crippen LogP contribution in [0.3, 0.4) is 0 Å². The molecule has 0 saturated heterocycles. The van der Waals surface area contributed by atoms with Gasteiger partial charge < -0.3 is 19.3 Å². The third-order valence-corrected chi connectivity index (χ3v) is 0.697. The molecule has 0 rings (SSSR count). The Balaban J connectivity index is -0.0000000800. The second-order valence-electron chi connectivity index (χ2n) is 1.51. The van der Waals surface area contributed by atoms with Gasteiger partial charge in [0, 0.05) is 0 Å². The fourth-order valence-electron chi connectivity index (χ4n) is 0. The molecule has 0 N–H and O–H groups in total. The predicted octanol–water partition coefficient (Wildman–Crippen LogP) is -1.13. The smallest absolute Gasteiger partial charge is 1.00 e. The molecular weight excluding hydrogens is 161 g/mol. The zero-order valence-electron chi connectivity index (χ0n) is 5.08. The Morgan fingerprint density at radius 2 is 1.71 bits per heavy atom. The van der Waals surface area contributed by atoms with Crippen LogP contribution in [-0.4, -0.2) is 0 Å². The molecule has 0 heterocycles. The van der Waals surface area contributed by atoms with Crippen LogP contribution >= 0.6 is 0 Å². The first-order valence-corrected chi connectivity index (χ1v) is 2.10. The molecule has 0 amide bonds. The number of hydrogen-bond donors (Lipinski definition) is 0. The summed E-state index contributed by atoms with van der Waals surface area (Å²) in [5, 5.41) is 0. The predicted molar refractivity (Wildman–Crippen MR) is 24.8 cm³/mol. The molecule has 2 heteroatoms. The molecule has 0 bridgehead atoms. The van der Waals surface area contributed by atoms with Gasteiger partial charge in [-0.15, -0.1) is 0 Å². The average molecular weight is 172 g/mol. The monoisotopic (exact) mass is 170 g/mol. The summed E-state index contributed by atoms with van der Waals surface area (Å²) in [6, 6.07) is 0. The van der Waals surface area contributed by atoms with Crippen molar-refractivity contribution in [3.8, 4) is 0 Å². The standard InChI is InChI=1S/C5H11.ClH.Zn/c1-4-5(2)3;;/h5H,2,4H2,1,3H3;1H;/q-1;;+2/p-1. The molecule has 0 aliphatic rings. The van der Waals surface area contributed by atoms with Crippen molar-refractivity contribution in [3.63, 3.8) is 0 Å². The molecule has 0 fully saturated rings. The molecule has 1 atom stereocenters. The van der Waals surface area contributed by atoms with Gasteiger partial charge in [-0.2, -0.15) is 5.92 Å². The van der Waals surface area contributed by atoms with E-state index < -0.39 is 0 Å². The maximum absolute atomic E-state index is 3.76. The van der Waals surface area contributed by atoms with E-state index in [1.54, 1.807) is 0 Å². The molecule has 0 aromatic rings. The zero-order valence-corrected chi connectivity index (χ0v) is 8.80. The average Bonchev–Trinajstić information content (AvgIpc) is 1.38. The molecule has 0 aliphatic carbocycles. The van der Waals surface area contributed by atoms with E-state index in [-0.39, 0.29) is 31.9 Å². The van der Waals surface area contributed by atoms with Crippen molar-refractivity contribution in [2.24, 2.45) is 5.92 Å². The fraction of sp³-hybridized carbons (Fsp3) is 0.800. The Hall–Kier alpha value is 0.913. The van der Waals surface area contributed by atoms with E-state index in [4.69, 9.17) is 0 Å². The fourth-order valence-corrected chi connectivity index (χ4v) is 0. The summed E-state index contributed by atoms with van der Waals surface area (Å²) < 4.78 is 0. The zero-order chi connectivity index (χ0) is 4.28. The third kappa shape index (κ3) is 19.7. The summed E-state index contributed by atoms with van der Waals surface area (Å²) >= 11 is 0. The number of halogens is 1. The molecule has 0 spiro atoms. The first-order valence-electron chi connectivity index (χ1n) is 2.10. The molecule has 0 aromatic heterocycles. The van der Waals surface area contributed by atoms with Crippen molar-refractivity contribution in [3.05, 3.63) is 6.92 Å². The third-order valence-electron chi connectivity index (χ3n) is 0.697. The quantitative estimate of drug-likeness (QED) is 0.346. The summed E-state index contributed by atoms with van der Waals surface area (Å²) in [6.07, 6.45) is 1.19. The van der Waals surface area contributed by atoms with Crippen LogP contribution < -0.4 is 12.4 Å². The molecule has 7 heavy (non-hydrogen) atoms. The minimum absolute atomic E-state index is 0.